The van der Waals surface area contributed by atoms with E-state index >= 15 is 0 Å². The highest BCUT2D eigenvalue weighted by Crippen LogP contribution is 2.35. The number of hydrogen-bond acceptors (Lipinski definition) is 6. The highest BCUT2D eigenvalue weighted by molar-refractivity contribution is 7.89. The number of carbonyl (C=O) groups is 1. The first-order valence-electron chi connectivity index (χ1n) is 10.4. The summed E-state index contributed by atoms with van der Waals surface area (Å²) in [5, 5.41) is 2.95. The van der Waals surface area contributed by atoms with E-state index in [4.69, 9.17) is 14.2 Å². The summed E-state index contributed by atoms with van der Waals surface area (Å²) >= 11 is 0. The highest BCUT2D eigenvalue weighted by Gasteiger charge is 2.42. The molecule has 0 saturated carbocycles. The average molecular weight is 463 g/mol. The van der Waals surface area contributed by atoms with Gasteiger partial charge in [-0.1, -0.05) is 12.1 Å². The van der Waals surface area contributed by atoms with E-state index in [0.29, 0.717) is 37.4 Å². The molecular weight excluding hydrogens is 432 g/mol. The minimum absolute atomic E-state index is 0.109. The number of benzene rings is 2. The second-order valence-corrected chi connectivity index (χ2v) is 9.99. The Balaban J connectivity index is 1.73. The van der Waals surface area contributed by atoms with E-state index in [-0.39, 0.29) is 17.3 Å². The molecule has 1 aliphatic rings. The summed E-state index contributed by atoms with van der Waals surface area (Å²) in [5.41, 5.74) is 0.113. The Morgan fingerprint density at radius 2 is 1.72 bits per heavy atom. The van der Waals surface area contributed by atoms with E-state index in [1.807, 2.05) is 31.2 Å². The smallest absolute Gasteiger partial charge is 0.243 e. The number of ether oxygens (including phenoxy) is 3. The SMILES string of the molecule is COc1ccc(CNC(=O)C2(C)CCCN(S(=O)(=O)c3ccc(OC)c(OC)c3)C2)cc1. The van der Waals surface area contributed by atoms with Crippen molar-refractivity contribution >= 4 is 15.9 Å². The van der Waals surface area contributed by atoms with Gasteiger partial charge in [-0.3, -0.25) is 4.79 Å². The standard InChI is InChI=1S/C23H30N2O6S/c1-23(22(26)24-15-17-6-8-18(29-2)9-7-17)12-5-13-25(16-23)32(27,28)19-10-11-20(30-3)21(14-19)31-4/h6-11,14H,5,12-13,15-16H2,1-4H3,(H,24,26). The second-order valence-electron chi connectivity index (χ2n) is 8.05. The number of amides is 1. The van der Waals surface area contributed by atoms with Crippen molar-refractivity contribution in [3.8, 4) is 17.2 Å². The molecule has 1 fully saturated rings. The molecule has 9 heteroatoms. The summed E-state index contributed by atoms with van der Waals surface area (Å²) in [5.74, 6) is 1.37. The van der Waals surface area contributed by atoms with Crippen molar-refractivity contribution in [3.05, 3.63) is 48.0 Å². The van der Waals surface area contributed by atoms with Crippen LogP contribution in [0.3, 0.4) is 0 Å². The van der Waals surface area contributed by atoms with Gasteiger partial charge in [0.2, 0.25) is 15.9 Å². The molecule has 0 aromatic heterocycles. The Kier molecular flexibility index (Phi) is 7.30. The predicted octanol–water partition coefficient (Wildman–Crippen LogP) is 2.82. The Bertz CT molecular complexity index is 1050. The van der Waals surface area contributed by atoms with Crippen LogP contribution in [0.25, 0.3) is 0 Å². The molecule has 0 aliphatic carbocycles. The van der Waals surface area contributed by atoms with Crippen LogP contribution in [0.15, 0.2) is 47.4 Å². The molecule has 1 N–H and O–H groups in total. The number of nitrogens with zero attached hydrogens (tertiary/aromatic N) is 1. The molecule has 174 valence electrons. The number of methoxy groups -OCH3 is 3. The molecule has 2 aromatic carbocycles. The van der Waals surface area contributed by atoms with Gasteiger partial charge >= 0.3 is 0 Å². The highest BCUT2D eigenvalue weighted by atomic mass is 32.2. The fraction of sp³-hybridized carbons (Fsp3) is 0.435. The van der Waals surface area contributed by atoms with E-state index in [1.165, 1.54) is 30.7 Å². The van der Waals surface area contributed by atoms with Crippen LogP contribution >= 0.6 is 0 Å². The number of rotatable bonds is 8. The molecule has 8 nitrogen and oxygen atoms in total. The maximum atomic E-state index is 13.3. The zero-order valence-electron chi connectivity index (χ0n) is 18.9. The van der Waals surface area contributed by atoms with Gasteiger partial charge in [-0.2, -0.15) is 4.31 Å². The third-order valence-electron chi connectivity index (χ3n) is 5.81. The molecule has 2 aromatic rings. The van der Waals surface area contributed by atoms with Gasteiger partial charge in [-0.25, -0.2) is 8.42 Å². The van der Waals surface area contributed by atoms with Crippen molar-refractivity contribution in [2.24, 2.45) is 5.41 Å². The zero-order chi connectivity index (χ0) is 23.4. The largest absolute Gasteiger partial charge is 0.497 e. The lowest BCUT2D eigenvalue weighted by molar-refractivity contribution is -0.132. The molecule has 1 atom stereocenters. The second kappa shape index (κ2) is 9.79. The number of carbonyl (C=O) groups excluding carboxylic acids is 1. The molecule has 1 aliphatic heterocycles. The van der Waals surface area contributed by atoms with E-state index in [1.54, 1.807) is 13.2 Å². The predicted molar refractivity (Wildman–Crippen MR) is 120 cm³/mol. The molecule has 1 unspecified atom stereocenters. The van der Waals surface area contributed by atoms with Crippen LogP contribution < -0.4 is 19.5 Å². The van der Waals surface area contributed by atoms with Crippen molar-refractivity contribution < 1.29 is 27.4 Å². The summed E-state index contributed by atoms with van der Waals surface area (Å²) in [4.78, 5) is 13.1. The molecule has 3 rings (SSSR count). The monoisotopic (exact) mass is 462 g/mol. The van der Waals surface area contributed by atoms with E-state index in [2.05, 4.69) is 5.32 Å². The van der Waals surface area contributed by atoms with Gasteiger partial charge in [-0.05, 0) is 49.6 Å². The van der Waals surface area contributed by atoms with Gasteiger partial charge in [0.25, 0.3) is 0 Å². The van der Waals surface area contributed by atoms with Crippen LogP contribution in [0.4, 0.5) is 0 Å². The fourth-order valence-electron chi connectivity index (χ4n) is 3.85. The zero-order valence-corrected chi connectivity index (χ0v) is 19.7. The lowest BCUT2D eigenvalue weighted by Gasteiger charge is -2.38. The lowest BCUT2D eigenvalue weighted by atomic mass is 9.82. The quantitative estimate of drug-likeness (QED) is 0.648. The van der Waals surface area contributed by atoms with Gasteiger partial charge in [0, 0.05) is 25.7 Å². The molecule has 32 heavy (non-hydrogen) atoms. The Morgan fingerprint density at radius 1 is 1.03 bits per heavy atom. The molecule has 1 saturated heterocycles. The van der Waals surface area contributed by atoms with Crippen LogP contribution in [0, 0.1) is 5.41 Å². The average Bonchev–Trinajstić information content (AvgIpc) is 2.82. The van der Waals surface area contributed by atoms with Gasteiger partial charge < -0.3 is 19.5 Å². The van der Waals surface area contributed by atoms with E-state index in [0.717, 1.165) is 11.3 Å². The molecule has 0 radical (unpaired) electrons. The minimum Gasteiger partial charge on any atom is -0.497 e. The van der Waals surface area contributed by atoms with Crippen LogP contribution in [0.2, 0.25) is 0 Å². The Hall–Kier alpha value is -2.78. The van der Waals surface area contributed by atoms with Gasteiger partial charge in [0.15, 0.2) is 11.5 Å². The van der Waals surface area contributed by atoms with Crippen molar-refractivity contribution in [1.82, 2.24) is 9.62 Å². The summed E-state index contributed by atoms with van der Waals surface area (Å²) in [6.07, 6.45) is 1.21. The molecule has 0 bridgehead atoms. The molecule has 1 amide bonds. The molecular formula is C23H30N2O6S. The van der Waals surface area contributed by atoms with Gasteiger partial charge in [-0.15, -0.1) is 0 Å². The molecule has 1 heterocycles. The van der Waals surface area contributed by atoms with Crippen molar-refractivity contribution in [2.45, 2.75) is 31.2 Å². The lowest BCUT2D eigenvalue weighted by Crippen LogP contribution is -2.51. The van der Waals surface area contributed by atoms with Gasteiger partial charge in [0.1, 0.15) is 5.75 Å². The number of hydrogen-bond donors (Lipinski definition) is 1. The van der Waals surface area contributed by atoms with Crippen LogP contribution in [0.5, 0.6) is 17.2 Å². The maximum Gasteiger partial charge on any atom is 0.243 e. The first-order chi connectivity index (χ1) is 15.2. The topological polar surface area (TPSA) is 94.2 Å². The number of nitrogens with one attached hydrogen (secondary N) is 1. The summed E-state index contributed by atoms with van der Waals surface area (Å²) in [6.45, 7) is 2.64. The van der Waals surface area contributed by atoms with Crippen molar-refractivity contribution in [1.29, 1.82) is 0 Å². The Labute approximate surface area is 189 Å². The third kappa shape index (κ3) is 4.99. The molecule has 0 spiro atoms. The number of piperidine rings is 1. The van der Waals surface area contributed by atoms with Crippen molar-refractivity contribution in [3.63, 3.8) is 0 Å². The minimum atomic E-state index is -3.80. The summed E-state index contributed by atoms with van der Waals surface area (Å²) < 4.78 is 43.6. The van der Waals surface area contributed by atoms with Crippen molar-refractivity contribution in [2.75, 3.05) is 34.4 Å². The van der Waals surface area contributed by atoms with Crippen LogP contribution in [0.1, 0.15) is 25.3 Å². The third-order valence-corrected chi connectivity index (χ3v) is 7.66. The summed E-state index contributed by atoms with van der Waals surface area (Å²) in [7, 11) is 0.755. The fourth-order valence-corrected chi connectivity index (χ4v) is 5.47. The summed E-state index contributed by atoms with van der Waals surface area (Å²) in [6, 6.07) is 11.9. The van der Waals surface area contributed by atoms with E-state index < -0.39 is 15.4 Å². The van der Waals surface area contributed by atoms with E-state index in [9.17, 15) is 13.2 Å². The van der Waals surface area contributed by atoms with Gasteiger partial charge in [0.05, 0.1) is 31.6 Å². The van der Waals surface area contributed by atoms with Crippen LogP contribution in [-0.2, 0) is 21.4 Å². The van der Waals surface area contributed by atoms with Crippen LogP contribution in [-0.4, -0.2) is 53.0 Å². The normalized spacial score (nSPS) is 19.2. The number of sulfonamides is 1. The first kappa shape index (κ1) is 23.9. The maximum absolute atomic E-state index is 13.3. The first-order valence-corrected chi connectivity index (χ1v) is 11.8. The Morgan fingerprint density at radius 3 is 2.34 bits per heavy atom.